The molecule has 0 radical (unpaired) electrons. The molecule has 1 amide bonds. The summed E-state index contributed by atoms with van der Waals surface area (Å²) in [7, 11) is 0. The van der Waals surface area contributed by atoms with E-state index in [4.69, 9.17) is 9.47 Å². The molecule has 1 aromatic carbocycles. The van der Waals surface area contributed by atoms with Gasteiger partial charge in [0.25, 0.3) is 0 Å². The molecule has 2 aromatic rings. The van der Waals surface area contributed by atoms with Crippen molar-refractivity contribution in [2.45, 2.75) is 45.7 Å². The van der Waals surface area contributed by atoms with Crippen molar-refractivity contribution in [2.24, 2.45) is 0 Å². The van der Waals surface area contributed by atoms with Gasteiger partial charge in [0.2, 0.25) is 12.7 Å². The third-order valence-electron chi connectivity index (χ3n) is 3.92. The fourth-order valence-corrected chi connectivity index (χ4v) is 2.73. The molecule has 7 heteroatoms. The predicted octanol–water partition coefficient (Wildman–Crippen LogP) is 2.23. The van der Waals surface area contributed by atoms with E-state index in [1.807, 2.05) is 29.8 Å². The molecule has 0 saturated carbocycles. The number of fused-ring (bicyclic) bond motifs is 1. The first kappa shape index (κ1) is 16.3. The van der Waals surface area contributed by atoms with Gasteiger partial charge in [-0.2, -0.15) is 5.10 Å². The SMILES string of the molecule is CCCn1ncnc1C(C)NC(=O)CCc1ccc2c(c1)OCO2. The Balaban J connectivity index is 1.53. The maximum Gasteiger partial charge on any atom is 0.231 e. The van der Waals surface area contributed by atoms with Crippen molar-refractivity contribution < 1.29 is 14.3 Å². The molecule has 1 aliphatic heterocycles. The van der Waals surface area contributed by atoms with E-state index in [0.717, 1.165) is 35.9 Å². The fraction of sp³-hybridized carbons (Fsp3) is 0.471. The fourth-order valence-electron chi connectivity index (χ4n) is 2.73. The Morgan fingerprint density at radius 3 is 3.04 bits per heavy atom. The summed E-state index contributed by atoms with van der Waals surface area (Å²) >= 11 is 0. The van der Waals surface area contributed by atoms with Crippen molar-refractivity contribution in [3.05, 3.63) is 35.9 Å². The highest BCUT2D eigenvalue weighted by Crippen LogP contribution is 2.32. The van der Waals surface area contributed by atoms with E-state index in [1.54, 1.807) is 0 Å². The largest absolute Gasteiger partial charge is 0.454 e. The standard InChI is InChI=1S/C17H22N4O3/c1-3-8-21-17(18-10-19-21)12(2)20-16(22)7-5-13-4-6-14-15(9-13)24-11-23-14/h4,6,9-10,12H,3,5,7-8,11H2,1-2H3,(H,20,22). The van der Waals surface area contributed by atoms with E-state index < -0.39 is 0 Å². The maximum absolute atomic E-state index is 12.2. The number of benzene rings is 1. The third-order valence-corrected chi connectivity index (χ3v) is 3.92. The molecular weight excluding hydrogens is 308 g/mol. The molecule has 24 heavy (non-hydrogen) atoms. The monoisotopic (exact) mass is 330 g/mol. The quantitative estimate of drug-likeness (QED) is 0.842. The number of aryl methyl sites for hydroxylation is 2. The number of amides is 1. The van der Waals surface area contributed by atoms with Crippen molar-refractivity contribution in [3.63, 3.8) is 0 Å². The van der Waals surface area contributed by atoms with Gasteiger partial charge in [0.1, 0.15) is 12.2 Å². The van der Waals surface area contributed by atoms with Gasteiger partial charge in [-0.15, -0.1) is 0 Å². The van der Waals surface area contributed by atoms with Crippen LogP contribution in [0.15, 0.2) is 24.5 Å². The molecule has 128 valence electrons. The normalized spacial score (nSPS) is 13.8. The van der Waals surface area contributed by atoms with Gasteiger partial charge in [0.05, 0.1) is 6.04 Å². The Hall–Kier alpha value is -2.57. The minimum atomic E-state index is -0.164. The number of nitrogens with one attached hydrogen (secondary N) is 1. The zero-order chi connectivity index (χ0) is 16.9. The van der Waals surface area contributed by atoms with E-state index in [-0.39, 0.29) is 18.7 Å². The van der Waals surface area contributed by atoms with Crippen LogP contribution in [0, 0.1) is 0 Å². The average molecular weight is 330 g/mol. The lowest BCUT2D eigenvalue weighted by molar-refractivity contribution is -0.121. The number of carbonyl (C=O) groups excluding carboxylic acids is 1. The second kappa shape index (κ2) is 7.33. The second-order valence-corrected chi connectivity index (χ2v) is 5.82. The lowest BCUT2D eigenvalue weighted by atomic mass is 10.1. The van der Waals surface area contributed by atoms with Gasteiger partial charge < -0.3 is 14.8 Å². The summed E-state index contributed by atoms with van der Waals surface area (Å²) in [5, 5.41) is 7.18. The molecule has 0 fully saturated rings. The molecule has 1 N–H and O–H groups in total. The molecule has 1 atom stereocenters. The Bertz CT molecular complexity index is 714. The first-order chi connectivity index (χ1) is 11.7. The highest BCUT2D eigenvalue weighted by Gasteiger charge is 2.16. The van der Waals surface area contributed by atoms with Crippen molar-refractivity contribution in [3.8, 4) is 11.5 Å². The Kier molecular flexibility index (Phi) is 4.98. The van der Waals surface area contributed by atoms with Gasteiger partial charge in [0, 0.05) is 13.0 Å². The minimum Gasteiger partial charge on any atom is -0.454 e. The molecular formula is C17H22N4O3. The summed E-state index contributed by atoms with van der Waals surface area (Å²) < 4.78 is 12.5. The summed E-state index contributed by atoms with van der Waals surface area (Å²) in [5.74, 6) is 2.28. The van der Waals surface area contributed by atoms with E-state index >= 15 is 0 Å². The van der Waals surface area contributed by atoms with Crippen molar-refractivity contribution in [1.29, 1.82) is 0 Å². The third kappa shape index (κ3) is 3.67. The van der Waals surface area contributed by atoms with E-state index in [0.29, 0.717) is 12.8 Å². The Labute approximate surface area is 141 Å². The number of hydrogen-bond donors (Lipinski definition) is 1. The van der Waals surface area contributed by atoms with Gasteiger partial charge in [-0.1, -0.05) is 13.0 Å². The van der Waals surface area contributed by atoms with Crippen LogP contribution in [0.25, 0.3) is 0 Å². The molecule has 7 nitrogen and oxygen atoms in total. The predicted molar refractivity (Wildman–Crippen MR) is 87.8 cm³/mol. The number of nitrogens with zero attached hydrogens (tertiary/aromatic N) is 3. The van der Waals surface area contributed by atoms with Crippen LogP contribution in [0.4, 0.5) is 0 Å². The van der Waals surface area contributed by atoms with Crippen LogP contribution in [-0.2, 0) is 17.8 Å². The van der Waals surface area contributed by atoms with Crippen molar-refractivity contribution >= 4 is 5.91 Å². The number of rotatable bonds is 7. The molecule has 2 heterocycles. The van der Waals surface area contributed by atoms with Crippen LogP contribution < -0.4 is 14.8 Å². The van der Waals surface area contributed by atoms with Crippen LogP contribution in [0.1, 0.15) is 44.1 Å². The van der Waals surface area contributed by atoms with Crippen molar-refractivity contribution in [2.75, 3.05) is 6.79 Å². The second-order valence-electron chi connectivity index (χ2n) is 5.82. The molecule has 0 aliphatic carbocycles. The number of hydrogen-bond acceptors (Lipinski definition) is 5. The minimum absolute atomic E-state index is 0.00813. The molecule has 0 bridgehead atoms. The van der Waals surface area contributed by atoms with Gasteiger partial charge in [-0.05, 0) is 37.5 Å². The van der Waals surface area contributed by atoms with E-state index in [1.165, 1.54) is 6.33 Å². The van der Waals surface area contributed by atoms with E-state index in [9.17, 15) is 4.79 Å². The van der Waals surface area contributed by atoms with Crippen LogP contribution >= 0.6 is 0 Å². The Morgan fingerprint density at radius 1 is 1.38 bits per heavy atom. The molecule has 0 saturated heterocycles. The molecule has 0 spiro atoms. The smallest absolute Gasteiger partial charge is 0.231 e. The molecule has 3 rings (SSSR count). The average Bonchev–Trinajstić information content (AvgIpc) is 3.21. The molecule has 1 aromatic heterocycles. The van der Waals surface area contributed by atoms with Crippen LogP contribution in [0.2, 0.25) is 0 Å². The van der Waals surface area contributed by atoms with Crippen molar-refractivity contribution in [1.82, 2.24) is 20.1 Å². The first-order valence-corrected chi connectivity index (χ1v) is 8.23. The highest BCUT2D eigenvalue weighted by molar-refractivity contribution is 5.76. The van der Waals surface area contributed by atoms with Gasteiger partial charge >= 0.3 is 0 Å². The van der Waals surface area contributed by atoms with Gasteiger partial charge in [-0.25, -0.2) is 9.67 Å². The van der Waals surface area contributed by atoms with Gasteiger partial charge in [0.15, 0.2) is 11.5 Å². The molecule has 1 aliphatic rings. The summed E-state index contributed by atoms with van der Waals surface area (Å²) in [6.45, 7) is 5.07. The lowest BCUT2D eigenvalue weighted by Crippen LogP contribution is -2.29. The van der Waals surface area contributed by atoms with Crippen LogP contribution in [-0.4, -0.2) is 27.5 Å². The highest BCUT2D eigenvalue weighted by atomic mass is 16.7. The van der Waals surface area contributed by atoms with E-state index in [2.05, 4.69) is 22.3 Å². The summed E-state index contributed by atoms with van der Waals surface area (Å²) in [6, 6.07) is 5.60. The number of ether oxygens (including phenoxy) is 2. The Morgan fingerprint density at radius 2 is 2.21 bits per heavy atom. The summed E-state index contributed by atoms with van der Waals surface area (Å²) in [6.07, 6.45) is 3.56. The lowest BCUT2D eigenvalue weighted by Gasteiger charge is -2.14. The van der Waals surface area contributed by atoms with Crippen LogP contribution in [0.5, 0.6) is 11.5 Å². The first-order valence-electron chi connectivity index (χ1n) is 8.23. The number of aromatic nitrogens is 3. The summed E-state index contributed by atoms with van der Waals surface area (Å²) in [4.78, 5) is 16.5. The van der Waals surface area contributed by atoms with Crippen LogP contribution in [0.3, 0.4) is 0 Å². The van der Waals surface area contributed by atoms with Gasteiger partial charge in [-0.3, -0.25) is 4.79 Å². The zero-order valence-corrected chi connectivity index (χ0v) is 14.0. The molecule has 1 unspecified atom stereocenters. The summed E-state index contributed by atoms with van der Waals surface area (Å²) in [5.41, 5.74) is 1.05. The number of carbonyl (C=O) groups is 1. The topological polar surface area (TPSA) is 78.3 Å². The maximum atomic E-state index is 12.2. The zero-order valence-electron chi connectivity index (χ0n) is 14.0.